The highest BCUT2D eigenvalue weighted by Gasteiger charge is 2.30. The van der Waals surface area contributed by atoms with Gasteiger partial charge >= 0.3 is 0 Å². The second kappa shape index (κ2) is 9.01. The van der Waals surface area contributed by atoms with E-state index in [1.165, 1.54) is 19.4 Å². The summed E-state index contributed by atoms with van der Waals surface area (Å²) < 4.78 is 5.79. The molecule has 120 valence electrons. The standard InChI is InChI=1S/C17H36N2O/c1-6-16-12-19(9-10-20-16)14-17(7-2,8-3)13-18-11-15(4)5/h15-16,18H,6-14H2,1-5H3. The molecule has 1 fully saturated rings. The highest BCUT2D eigenvalue weighted by molar-refractivity contribution is 4.85. The van der Waals surface area contributed by atoms with Crippen molar-refractivity contribution in [2.75, 3.05) is 39.3 Å². The van der Waals surface area contributed by atoms with Crippen LogP contribution in [0.4, 0.5) is 0 Å². The summed E-state index contributed by atoms with van der Waals surface area (Å²) in [5.74, 6) is 0.731. The number of hydrogen-bond donors (Lipinski definition) is 1. The van der Waals surface area contributed by atoms with Crippen LogP contribution in [0.1, 0.15) is 53.9 Å². The maximum absolute atomic E-state index is 5.79. The van der Waals surface area contributed by atoms with Crippen molar-refractivity contribution in [2.45, 2.75) is 60.0 Å². The van der Waals surface area contributed by atoms with Gasteiger partial charge in [0.15, 0.2) is 0 Å². The Balaban J connectivity index is 2.51. The molecule has 0 aromatic rings. The third-order valence-electron chi connectivity index (χ3n) is 4.79. The summed E-state index contributed by atoms with van der Waals surface area (Å²) in [6.07, 6.45) is 4.08. The Kier molecular flexibility index (Phi) is 8.08. The zero-order valence-corrected chi connectivity index (χ0v) is 14.4. The van der Waals surface area contributed by atoms with Crippen LogP contribution in [0.5, 0.6) is 0 Å². The fraction of sp³-hybridized carbons (Fsp3) is 1.00. The zero-order valence-electron chi connectivity index (χ0n) is 14.4. The van der Waals surface area contributed by atoms with E-state index in [9.17, 15) is 0 Å². The molecule has 0 aromatic carbocycles. The minimum absolute atomic E-state index is 0.421. The van der Waals surface area contributed by atoms with Crippen molar-refractivity contribution in [1.82, 2.24) is 10.2 Å². The molecule has 0 radical (unpaired) electrons. The first-order chi connectivity index (χ1) is 9.55. The van der Waals surface area contributed by atoms with Crippen molar-refractivity contribution >= 4 is 0 Å². The Bertz CT molecular complexity index is 251. The van der Waals surface area contributed by atoms with Gasteiger partial charge in [-0.15, -0.1) is 0 Å². The predicted molar refractivity (Wildman–Crippen MR) is 87.2 cm³/mol. The fourth-order valence-corrected chi connectivity index (χ4v) is 3.05. The van der Waals surface area contributed by atoms with Gasteiger partial charge in [0, 0.05) is 26.2 Å². The van der Waals surface area contributed by atoms with Crippen LogP contribution in [-0.4, -0.2) is 50.3 Å². The molecule has 0 aromatic heterocycles. The number of nitrogens with one attached hydrogen (secondary N) is 1. The summed E-state index contributed by atoms with van der Waals surface area (Å²) in [5, 5.41) is 3.68. The molecule has 0 amide bonds. The van der Waals surface area contributed by atoms with Gasteiger partial charge in [0.25, 0.3) is 0 Å². The number of ether oxygens (including phenoxy) is 1. The highest BCUT2D eigenvalue weighted by Crippen LogP contribution is 2.28. The molecule has 1 rings (SSSR count). The van der Waals surface area contributed by atoms with E-state index in [0.717, 1.165) is 45.1 Å². The normalized spacial score (nSPS) is 21.6. The average molecular weight is 284 g/mol. The SMILES string of the molecule is CCC1CN(CC(CC)(CC)CNCC(C)C)CCO1. The Hall–Kier alpha value is -0.120. The van der Waals surface area contributed by atoms with Crippen LogP contribution in [0.25, 0.3) is 0 Å². The molecule has 1 aliphatic heterocycles. The smallest absolute Gasteiger partial charge is 0.0700 e. The summed E-state index contributed by atoms with van der Waals surface area (Å²) in [7, 11) is 0. The maximum Gasteiger partial charge on any atom is 0.0700 e. The summed E-state index contributed by atoms with van der Waals surface area (Å²) in [4.78, 5) is 2.63. The van der Waals surface area contributed by atoms with Crippen molar-refractivity contribution in [3.05, 3.63) is 0 Å². The number of hydrogen-bond acceptors (Lipinski definition) is 3. The molecule has 1 unspecified atom stereocenters. The molecule has 0 saturated carbocycles. The quantitative estimate of drug-likeness (QED) is 0.704. The molecular formula is C17H36N2O. The Morgan fingerprint density at radius 2 is 1.95 bits per heavy atom. The van der Waals surface area contributed by atoms with Crippen LogP contribution in [0.2, 0.25) is 0 Å². The zero-order chi connectivity index (χ0) is 15.0. The summed E-state index contributed by atoms with van der Waals surface area (Å²) in [5.41, 5.74) is 0.421. The van der Waals surface area contributed by atoms with Crippen molar-refractivity contribution in [3.8, 4) is 0 Å². The fourth-order valence-electron chi connectivity index (χ4n) is 3.05. The third-order valence-corrected chi connectivity index (χ3v) is 4.79. The first-order valence-electron chi connectivity index (χ1n) is 8.60. The van der Waals surface area contributed by atoms with E-state index in [-0.39, 0.29) is 0 Å². The Morgan fingerprint density at radius 3 is 2.50 bits per heavy atom. The van der Waals surface area contributed by atoms with Gasteiger partial charge in [-0.25, -0.2) is 0 Å². The van der Waals surface area contributed by atoms with Crippen LogP contribution in [0.15, 0.2) is 0 Å². The monoisotopic (exact) mass is 284 g/mol. The second-order valence-electron chi connectivity index (χ2n) is 6.87. The molecule has 1 heterocycles. The van der Waals surface area contributed by atoms with Gasteiger partial charge in [-0.1, -0.05) is 34.6 Å². The first kappa shape index (κ1) is 17.9. The Morgan fingerprint density at radius 1 is 1.25 bits per heavy atom. The summed E-state index contributed by atoms with van der Waals surface area (Å²) in [6.45, 7) is 18.1. The van der Waals surface area contributed by atoms with Crippen LogP contribution < -0.4 is 5.32 Å². The molecule has 0 bridgehead atoms. The topological polar surface area (TPSA) is 24.5 Å². The number of rotatable bonds is 9. The van der Waals surface area contributed by atoms with Gasteiger partial charge in [-0.2, -0.15) is 0 Å². The van der Waals surface area contributed by atoms with E-state index in [4.69, 9.17) is 4.74 Å². The van der Waals surface area contributed by atoms with E-state index in [2.05, 4.69) is 44.8 Å². The van der Waals surface area contributed by atoms with Gasteiger partial charge in [0.1, 0.15) is 0 Å². The van der Waals surface area contributed by atoms with E-state index in [1.54, 1.807) is 0 Å². The predicted octanol–water partition coefficient (Wildman–Crippen LogP) is 3.15. The molecular weight excluding hydrogens is 248 g/mol. The van der Waals surface area contributed by atoms with E-state index >= 15 is 0 Å². The minimum Gasteiger partial charge on any atom is -0.376 e. The minimum atomic E-state index is 0.421. The van der Waals surface area contributed by atoms with Crippen molar-refractivity contribution in [1.29, 1.82) is 0 Å². The van der Waals surface area contributed by atoms with Gasteiger partial charge < -0.3 is 10.1 Å². The lowest BCUT2D eigenvalue weighted by Gasteiger charge is -2.41. The molecule has 1 aliphatic rings. The van der Waals surface area contributed by atoms with Crippen LogP contribution in [0.3, 0.4) is 0 Å². The van der Waals surface area contributed by atoms with Crippen LogP contribution in [0, 0.1) is 11.3 Å². The molecule has 20 heavy (non-hydrogen) atoms. The Labute approximate surface area is 126 Å². The van der Waals surface area contributed by atoms with E-state index in [0.29, 0.717) is 11.5 Å². The van der Waals surface area contributed by atoms with Gasteiger partial charge in [-0.05, 0) is 37.1 Å². The van der Waals surface area contributed by atoms with Crippen molar-refractivity contribution in [3.63, 3.8) is 0 Å². The summed E-state index contributed by atoms with van der Waals surface area (Å²) in [6, 6.07) is 0. The van der Waals surface area contributed by atoms with Crippen molar-refractivity contribution in [2.24, 2.45) is 11.3 Å². The van der Waals surface area contributed by atoms with E-state index < -0.39 is 0 Å². The molecule has 1 saturated heterocycles. The maximum atomic E-state index is 5.79. The van der Waals surface area contributed by atoms with Crippen LogP contribution >= 0.6 is 0 Å². The molecule has 1 atom stereocenters. The van der Waals surface area contributed by atoms with Crippen LogP contribution in [-0.2, 0) is 4.74 Å². The van der Waals surface area contributed by atoms with Gasteiger partial charge in [0.05, 0.1) is 12.7 Å². The van der Waals surface area contributed by atoms with Gasteiger partial charge in [0.2, 0.25) is 0 Å². The lowest BCUT2D eigenvalue weighted by molar-refractivity contribution is -0.0434. The lowest BCUT2D eigenvalue weighted by atomic mass is 9.81. The molecule has 1 N–H and O–H groups in total. The number of morpholine rings is 1. The molecule has 3 heteroatoms. The third kappa shape index (κ3) is 5.71. The average Bonchev–Trinajstić information content (AvgIpc) is 2.46. The molecule has 0 aliphatic carbocycles. The lowest BCUT2D eigenvalue weighted by Crippen LogP contribution is -2.50. The number of nitrogens with zero attached hydrogens (tertiary/aromatic N) is 1. The van der Waals surface area contributed by atoms with Gasteiger partial charge in [-0.3, -0.25) is 4.90 Å². The second-order valence-corrected chi connectivity index (χ2v) is 6.87. The molecule has 0 spiro atoms. The summed E-state index contributed by atoms with van der Waals surface area (Å²) >= 11 is 0. The van der Waals surface area contributed by atoms with Crippen molar-refractivity contribution < 1.29 is 4.74 Å². The molecule has 3 nitrogen and oxygen atoms in total. The largest absolute Gasteiger partial charge is 0.376 e. The van der Waals surface area contributed by atoms with E-state index in [1.807, 2.05) is 0 Å². The highest BCUT2D eigenvalue weighted by atomic mass is 16.5. The first-order valence-corrected chi connectivity index (χ1v) is 8.60.